The summed E-state index contributed by atoms with van der Waals surface area (Å²) >= 11 is 2.72. The second kappa shape index (κ2) is 7.46. The number of thiophene rings is 1. The Labute approximate surface area is 154 Å². The highest BCUT2D eigenvalue weighted by atomic mass is 32.1. The molecule has 0 radical (unpaired) electrons. The number of nitrogens with zero attached hydrogens (tertiary/aromatic N) is 2. The molecular weight excluding hydrogens is 356 g/mol. The fourth-order valence-electron chi connectivity index (χ4n) is 2.87. The number of carbonyl (C=O) groups excluding carboxylic acids is 2. The van der Waals surface area contributed by atoms with Gasteiger partial charge in [0.05, 0.1) is 6.07 Å². The summed E-state index contributed by atoms with van der Waals surface area (Å²) in [7, 11) is 0. The van der Waals surface area contributed by atoms with E-state index in [0.717, 1.165) is 25.0 Å². The maximum Gasteiger partial charge on any atom is 0.348 e. The highest BCUT2D eigenvalue weighted by Crippen LogP contribution is 2.32. The fourth-order valence-corrected chi connectivity index (χ4v) is 4.83. The lowest BCUT2D eigenvalue weighted by molar-refractivity contribution is -0.122. The van der Waals surface area contributed by atoms with Crippen LogP contribution < -0.4 is 0 Å². The second-order valence-electron chi connectivity index (χ2n) is 6.34. The lowest BCUT2D eigenvalue weighted by atomic mass is 9.90. The summed E-state index contributed by atoms with van der Waals surface area (Å²) < 4.78 is 5.15. The van der Waals surface area contributed by atoms with Crippen molar-refractivity contribution in [3.63, 3.8) is 0 Å². The minimum atomic E-state index is -0.983. The number of ether oxygens (including phenoxy) is 1. The van der Waals surface area contributed by atoms with Crippen molar-refractivity contribution in [2.24, 2.45) is 5.92 Å². The molecule has 2 heterocycles. The third-order valence-electron chi connectivity index (χ3n) is 4.21. The van der Waals surface area contributed by atoms with Crippen LogP contribution in [0.2, 0.25) is 0 Å². The van der Waals surface area contributed by atoms with Gasteiger partial charge in [0, 0.05) is 16.0 Å². The van der Waals surface area contributed by atoms with Gasteiger partial charge >= 0.3 is 5.97 Å². The number of rotatable bonds is 5. The Morgan fingerprint density at radius 3 is 3.00 bits per heavy atom. The topological polar surface area (TPSA) is 80.0 Å². The molecule has 0 bridgehead atoms. The Balaban J connectivity index is 1.62. The van der Waals surface area contributed by atoms with Gasteiger partial charge in [-0.05, 0) is 43.7 Å². The van der Waals surface area contributed by atoms with Crippen LogP contribution in [-0.2, 0) is 22.4 Å². The van der Waals surface area contributed by atoms with Gasteiger partial charge in [-0.3, -0.25) is 4.79 Å². The van der Waals surface area contributed by atoms with E-state index in [1.54, 1.807) is 12.3 Å². The van der Waals surface area contributed by atoms with Gasteiger partial charge < -0.3 is 4.74 Å². The van der Waals surface area contributed by atoms with E-state index in [9.17, 15) is 14.9 Å². The first-order valence-corrected chi connectivity index (χ1v) is 9.80. The molecule has 0 saturated carbocycles. The van der Waals surface area contributed by atoms with Gasteiger partial charge in [-0.15, -0.1) is 22.7 Å². The number of aromatic nitrogens is 1. The molecule has 25 heavy (non-hydrogen) atoms. The van der Waals surface area contributed by atoms with Crippen molar-refractivity contribution in [1.82, 2.24) is 4.98 Å². The maximum absolute atomic E-state index is 12.2. The molecule has 0 unspecified atom stereocenters. The minimum absolute atomic E-state index is 0.408. The molecule has 0 aromatic carbocycles. The van der Waals surface area contributed by atoms with Crippen molar-refractivity contribution in [2.45, 2.75) is 39.0 Å². The summed E-state index contributed by atoms with van der Waals surface area (Å²) in [6.07, 6.45) is 3.11. The molecule has 0 fully saturated rings. The monoisotopic (exact) mass is 374 g/mol. The lowest BCUT2D eigenvalue weighted by Crippen LogP contribution is -2.19. The van der Waals surface area contributed by atoms with Crippen molar-refractivity contribution in [3.05, 3.63) is 37.5 Å². The predicted octanol–water partition coefficient (Wildman–Crippen LogP) is 3.67. The standard InChI is InChI=1S/C18H18N2O3S2/c1-10-3-4-15-12(5-10)6-16(25-15)18(22)23-8-14(21)13(7-19)17-20-11(2)9-24-17/h6,9-10,13H,3-5,8H2,1-2H3/t10-,13+/m1/s1. The third-order valence-corrected chi connectivity index (χ3v) is 6.46. The van der Waals surface area contributed by atoms with Crippen molar-refractivity contribution in [3.8, 4) is 6.07 Å². The van der Waals surface area contributed by atoms with Crippen LogP contribution in [0.5, 0.6) is 0 Å². The van der Waals surface area contributed by atoms with Crippen LogP contribution in [0.25, 0.3) is 0 Å². The highest BCUT2D eigenvalue weighted by molar-refractivity contribution is 7.14. The van der Waals surface area contributed by atoms with Crippen LogP contribution in [0, 0.1) is 24.2 Å². The van der Waals surface area contributed by atoms with E-state index in [2.05, 4.69) is 11.9 Å². The number of ketones is 1. The highest BCUT2D eigenvalue weighted by Gasteiger charge is 2.26. The zero-order chi connectivity index (χ0) is 18.0. The maximum atomic E-state index is 12.2. The Morgan fingerprint density at radius 2 is 2.32 bits per heavy atom. The third kappa shape index (κ3) is 3.97. The van der Waals surface area contributed by atoms with Crippen LogP contribution in [0.4, 0.5) is 0 Å². The number of nitriles is 1. The van der Waals surface area contributed by atoms with E-state index in [4.69, 9.17) is 4.74 Å². The lowest BCUT2D eigenvalue weighted by Gasteiger charge is -2.16. The van der Waals surface area contributed by atoms with E-state index < -0.39 is 24.3 Å². The van der Waals surface area contributed by atoms with Crippen molar-refractivity contribution >= 4 is 34.4 Å². The molecular formula is C18H18N2O3S2. The largest absolute Gasteiger partial charge is 0.453 e. The molecule has 1 aliphatic rings. The molecule has 3 rings (SSSR count). The molecule has 7 heteroatoms. The smallest absolute Gasteiger partial charge is 0.348 e. The number of hydrogen-bond donors (Lipinski definition) is 0. The summed E-state index contributed by atoms with van der Waals surface area (Å²) in [4.78, 5) is 30.4. The Hall–Kier alpha value is -2.04. The Kier molecular flexibility index (Phi) is 5.30. The molecule has 5 nitrogen and oxygen atoms in total. The second-order valence-corrected chi connectivity index (χ2v) is 8.37. The molecule has 2 atom stereocenters. The summed E-state index contributed by atoms with van der Waals surface area (Å²) in [6.45, 7) is 3.60. The summed E-state index contributed by atoms with van der Waals surface area (Å²) in [6, 6.07) is 3.83. The average molecular weight is 374 g/mol. The van der Waals surface area contributed by atoms with E-state index in [-0.39, 0.29) is 0 Å². The normalized spacial score (nSPS) is 17.4. The van der Waals surface area contributed by atoms with Crippen LogP contribution in [-0.4, -0.2) is 23.3 Å². The number of carbonyl (C=O) groups is 2. The number of aryl methyl sites for hydroxylation is 2. The molecule has 0 amide bonds. The summed E-state index contributed by atoms with van der Waals surface area (Å²) in [5.74, 6) is -1.29. The summed E-state index contributed by atoms with van der Waals surface area (Å²) in [5.41, 5.74) is 1.98. The molecule has 0 N–H and O–H groups in total. The number of hydrogen-bond acceptors (Lipinski definition) is 7. The number of thiazole rings is 1. The van der Waals surface area contributed by atoms with Gasteiger partial charge in [0.2, 0.25) is 0 Å². The molecule has 2 aromatic rings. The van der Waals surface area contributed by atoms with Crippen LogP contribution in [0.15, 0.2) is 11.4 Å². The Morgan fingerprint density at radius 1 is 1.52 bits per heavy atom. The number of esters is 1. The van der Waals surface area contributed by atoms with Crippen LogP contribution in [0.1, 0.15) is 50.1 Å². The van der Waals surface area contributed by atoms with Gasteiger partial charge in [0.15, 0.2) is 18.3 Å². The molecule has 0 spiro atoms. The van der Waals surface area contributed by atoms with E-state index in [0.29, 0.717) is 15.8 Å². The van der Waals surface area contributed by atoms with E-state index in [1.807, 2.05) is 12.1 Å². The predicted molar refractivity (Wildman–Crippen MR) is 96.0 cm³/mol. The molecule has 1 aliphatic carbocycles. The van der Waals surface area contributed by atoms with Crippen LogP contribution in [0.3, 0.4) is 0 Å². The average Bonchev–Trinajstić information content (AvgIpc) is 3.19. The zero-order valence-electron chi connectivity index (χ0n) is 14.1. The van der Waals surface area contributed by atoms with E-state index >= 15 is 0 Å². The quantitative estimate of drug-likeness (QED) is 0.746. The summed E-state index contributed by atoms with van der Waals surface area (Å²) in [5, 5.41) is 11.5. The minimum Gasteiger partial charge on any atom is -0.453 e. The van der Waals surface area contributed by atoms with Gasteiger partial charge in [0.25, 0.3) is 0 Å². The van der Waals surface area contributed by atoms with Gasteiger partial charge in [0.1, 0.15) is 9.88 Å². The zero-order valence-corrected chi connectivity index (χ0v) is 15.7. The first-order valence-electron chi connectivity index (χ1n) is 8.11. The molecule has 0 saturated heterocycles. The van der Waals surface area contributed by atoms with Crippen LogP contribution >= 0.6 is 22.7 Å². The first-order chi connectivity index (χ1) is 12.0. The van der Waals surface area contributed by atoms with Crippen molar-refractivity contribution in [2.75, 3.05) is 6.61 Å². The first kappa shape index (κ1) is 17.8. The van der Waals surface area contributed by atoms with Gasteiger partial charge in [-0.1, -0.05) is 6.92 Å². The number of Topliss-reactive ketones (excluding diaryl/α,β-unsaturated/α-hetero) is 1. The van der Waals surface area contributed by atoms with Crippen molar-refractivity contribution in [1.29, 1.82) is 5.26 Å². The Bertz CT molecular complexity index is 847. The number of fused-ring (bicyclic) bond motifs is 1. The molecule has 130 valence electrons. The van der Waals surface area contributed by atoms with Gasteiger partial charge in [-0.2, -0.15) is 5.26 Å². The van der Waals surface area contributed by atoms with Crippen molar-refractivity contribution < 1.29 is 14.3 Å². The van der Waals surface area contributed by atoms with E-state index in [1.165, 1.54) is 33.1 Å². The SMILES string of the molecule is Cc1csc([C@@H](C#N)C(=O)COC(=O)c2cc3c(s2)CC[C@@H](C)C3)n1. The molecule has 2 aromatic heterocycles. The molecule has 0 aliphatic heterocycles. The fraction of sp³-hybridized carbons (Fsp3) is 0.444. The van der Waals surface area contributed by atoms with Gasteiger partial charge in [-0.25, -0.2) is 9.78 Å².